The van der Waals surface area contributed by atoms with Gasteiger partial charge in [0.05, 0.1) is 6.20 Å². The van der Waals surface area contributed by atoms with E-state index >= 15 is 0 Å². The van der Waals surface area contributed by atoms with Crippen molar-refractivity contribution in [2.24, 2.45) is 0 Å². The molecule has 2 rings (SSSR count). The van der Waals surface area contributed by atoms with Crippen LogP contribution in [0, 0.1) is 0 Å². The molecule has 2 heterocycles. The molecule has 0 aromatic carbocycles. The van der Waals surface area contributed by atoms with E-state index < -0.39 is 0 Å². The third-order valence-corrected chi connectivity index (χ3v) is 1.57. The molecule has 0 spiro atoms. The molecule has 1 aromatic heterocycles. The maximum atomic E-state index is 4.11. The van der Waals surface area contributed by atoms with Crippen molar-refractivity contribution in [1.82, 2.24) is 9.78 Å². The summed E-state index contributed by atoms with van der Waals surface area (Å²) in [7, 11) is 0. The minimum atomic E-state index is 1.06. The molecule has 0 saturated heterocycles. The van der Waals surface area contributed by atoms with Crippen molar-refractivity contribution in [1.29, 1.82) is 0 Å². The van der Waals surface area contributed by atoms with E-state index in [-0.39, 0.29) is 0 Å². The number of hydrogen-bond acceptors (Lipinski definition) is 2. The lowest BCUT2D eigenvalue weighted by Gasteiger charge is -2.14. The Morgan fingerprint density at radius 1 is 1.67 bits per heavy atom. The molecular weight excluding hydrogens is 114 g/mol. The van der Waals surface area contributed by atoms with Crippen LogP contribution in [0.2, 0.25) is 0 Å². The van der Waals surface area contributed by atoms with Gasteiger partial charge < -0.3 is 5.32 Å². The molecule has 0 fully saturated rings. The van der Waals surface area contributed by atoms with E-state index in [2.05, 4.69) is 10.4 Å². The number of fused-ring (bicyclic) bond motifs is 1. The van der Waals surface area contributed by atoms with E-state index in [1.54, 1.807) is 0 Å². The Morgan fingerprint density at radius 2 is 2.67 bits per heavy atom. The minimum Gasteiger partial charge on any atom is -0.370 e. The van der Waals surface area contributed by atoms with E-state index in [0.29, 0.717) is 0 Å². The molecule has 1 aliphatic heterocycles. The van der Waals surface area contributed by atoms with Crippen LogP contribution in [0.4, 0.5) is 5.82 Å². The zero-order valence-corrected chi connectivity index (χ0v) is 5.17. The largest absolute Gasteiger partial charge is 0.370 e. The molecule has 48 valence electrons. The highest BCUT2D eigenvalue weighted by atomic mass is 15.3. The Balaban J connectivity index is 2.39. The summed E-state index contributed by atoms with van der Waals surface area (Å²) in [5.41, 5.74) is 0. The van der Waals surface area contributed by atoms with Gasteiger partial charge in [-0.15, -0.1) is 0 Å². The number of aromatic nitrogens is 2. The smallest absolute Gasteiger partial charge is 0.124 e. The van der Waals surface area contributed by atoms with Crippen molar-refractivity contribution in [3.05, 3.63) is 12.3 Å². The van der Waals surface area contributed by atoms with Crippen molar-refractivity contribution in [2.75, 3.05) is 11.9 Å². The van der Waals surface area contributed by atoms with Crippen LogP contribution in [-0.2, 0) is 6.54 Å². The number of nitrogens with one attached hydrogen (secondary N) is 1. The van der Waals surface area contributed by atoms with Gasteiger partial charge in [-0.1, -0.05) is 0 Å². The first kappa shape index (κ1) is 4.85. The van der Waals surface area contributed by atoms with E-state index in [1.807, 2.05) is 16.9 Å². The normalized spacial score (nSPS) is 16.4. The second-order valence-corrected chi connectivity index (χ2v) is 2.22. The molecule has 1 aromatic rings. The summed E-state index contributed by atoms with van der Waals surface area (Å²) in [6.07, 6.45) is 3.02. The van der Waals surface area contributed by atoms with Crippen LogP contribution >= 0.6 is 0 Å². The minimum absolute atomic E-state index is 1.06. The maximum absolute atomic E-state index is 4.11. The third-order valence-electron chi connectivity index (χ3n) is 1.57. The molecule has 0 atom stereocenters. The number of aryl methyl sites for hydroxylation is 1. The summed E-state index contributed by atoms with van der Waals surface area (Å²) in [4.78, 5) is 0. The van der Waals surface area contributed by atoms with E-state index in [0.717, 1.165) is 18.9 Å². The molecule has 9 heavy (non-hydrogen) atoms. The van der Waals surface area contributed by atoms with E-state index in [1.165, 1.54) is 6.42 Å². The molecule has 3 heteroatoms. The van der Waals surface area contributed by atoms with E-state index in [4.69, 9.17) is 0 Å². The molecule has 0 radical (unpaired) electrons. The topological polar surface area (TPSA) is 29.9 Å². The lowest BCUT2D eigenvalue weighted by Crippen LogP contribution is -2.17. The SMILES string of the molecule is c1cc2n(n1)CCCN2. The second-order valence-electron chi connectivity index (χ2n) is 2.22. The highest BCUT2D eigenvalue weighted by molar-refractivity contribution is 5.34. The fourth-order valence-corrected chi connectivity index (χ4v) is 1.11. The predicted octanol–water partition coefficient (Wildman–Crippen LogP) is 0.699. The average Bonchev–Trinajstić information content (AvgIpc) is 2.33. The molecule has 1 aliphatic rings. The fourth-order valence-electron chi connectivity index (χ4n) is 1.11. The Morgan fingerprint density at radius 3 is 3.56 bits per heavy atom. The third kappa shape index (κ3) is 0.686. The van der Waals surface area contributed by atoms with Gasteiger partial charge in [-0.05, 0) is 6.42 Å². The summed E-state index contributed by atoms with van der Waals surface area (Å²) in [6, 6.07) is 2.00. The first-order valence-electron chi connectivity index (χ1n) is 3.22. The van der Waals surface area contributed by atoms with Gasteiger partial charge in [-0.2, -0.15) is 5.10 Å². The van der Waals surface area contributed by atoms with Crippen molar-refractivity contribution >= 4 is 5.82 Å². The van der Waals surface area contributed by atoms with Crippen molar-refractivity contribution in [3.8, 4) is 0 Å². The van der Waals surface area contributed by atoms with Crippen LogP contribution < -0.4 is 5.32 Å². The van der Waals surface area contributed by atoms with E-state index in [9.17, 15) is 0 Å². The molecule has 0 unspecified atom stereocenters. The lowest BCUT2D eigenvalue weighted by molar-refractivity contribution is 0.568. The summed E-state index contributed by atoms with van der Waals surface area (Å²) >= 11 is 0. The van der Waals surface area contributed by atoms with Gasteiger partial charge in [0, 0.05) is 19.2 Å². The number of rotatable bonds is 0. The average molecular weight is 123 g/mol. The quantitative estimate of drug-likeness (QED) is 0.550. The van der Waals surface area contributed by atoms with Crippen LogP contribution in [0.1, 0.15) is 6.42 Å². The van der Waals surface area contributed by atoms with Gasteiger partial charge in [-0.25, -0.2) is 4.68 Å². The van der Waals surface area contributed by atoms with Crippen molar-refractivity contribution < 1.29 is 0 Å². The van der Waals surface area contributed by atoms with Crippen molar-refractivity contribution in [2.45, 2.75) is 13.0 Å². The highest BCUT2D eigenvalue weighted by Crippen LogP contribution is 2.10. The van der Waals surface area contributed by atoms with Gasteiger partial charge in [0.25, 0.3) is 0 Å². The van der Waals surface area contributed by atoms with Crippen LogP contribution in [0.5, 0.6) is 0 Å². The van der Waals surface area contributed by atoms with Crippen LogP contribution in [0.15, 0.2) is 12.3 Å². The lowest BCUT2D eigenvalue weighted by atomic mass is 10.3. The number of anilines is 1. The molecule has 0 bridgehead atoms. The first-order chi connectivity index (χ1) is 4.47. The fraction of sp³-hybridized carbons (Fsp3) is 0.500. The monoisotopic (exact) mass is 123 g/mol. The summed E-state index contributed by atoms with van der Waals surface area (Å²) < 4.78 is 1.99. The predicted molar refractivity (Wildman–Crippen MR) is 35.3 cm³/mol. The van der Waals surface area contributed by atoms with Gasteiger partial charge in [0.2, 0.25) is 0 Å². The highest BCUT2D eigenvalue weighted by Gasteiger charge is 2.04. The first-order valence-corrected chi connectivity index (χ1v) is 3.22. The zero-order chi connectivity index (χ0) is 6.10. The van der Waals surface area contributed by atoms with Crippen LogP contribution in [0.25, 0.3) is 0 Å². The number of nitrogens with zero attached hydrogens (tertiary/aromatic N) is 2. The molecule has 0 aliphatic carbocycles. The van der Waals surface area contributed by atoms with Crippen LogP contribution in [-0.4, -0.2) is 16.3 Å². The Kier molecular flexibility index (Phi) is 0.946. The van der Waals surface area contributed by atoms with Gasteiger partial charge in [0.1, 0.15) is 5.82 Å². The van der Waals surface area contributed by atoms with Gasteiger partial charge >= 0.3 is 0 Å². The molecule has 3 nitrogen and oxygen atoms in total. The Labute approximate surface area is 53.7 Å². The summed E-state index contributed by atoms with van der Waals surface area (Å²) in [5.74, 6) is 1.15. The summed E-state index contributed by atoms with van der Waals surface area (Å²) in [5, 5.41) is 7.35. The van der Waals surface area contributed by atoms with Crippen molar-refractivity contribution in [3.63, 3.8) is 0 Å². The van der Waals surface area contributed by atoms with Gasteiger partial charge in [-0.3, -0.25) is 0 Å². The van der Waals surface area contributed by atoms with Gasteiger partial charge in [0.15, 0.2) is 0 Å². The Hall–Kier alpha value is -0.990. The zero-order valence-electron chi connectivity index (χ0n) is 5.17. The summed E-state index contributed by atoms with van der Waals surface area (Å²) in [6.45, 7) is 2.15. The maximum Gasteiger partial charge on any atom is 0.124 e. The molecule has 1 N–H and O–H groups in total. The van der Waals surface area contributed by atoms with Crippen LogP contribution in [0.3, 0.4) is 0 Å². The molecular formula is C6H9N3. The Bertz CT molecular complexity index is 183. The number of hydrogen-bond donors (Lipinski definition) is 1. The second kappa shape index (κ2) is 1.76. The standard InChI is InChI=1S/C6H9N3/c1-3-7-6-2-4-8-9(6)5-1/h2,4,7H,1,3,5H2. The molecule has 0 amide bonds. The molecule has 0 saturated carbocycles.